The summed E-state index contributed by atoms with van der Waals surface area (Å²) in [7, 11) is 1.78. The highest BCUT2D eigenvalue weighted by molar-refractivity contribution is 14.0. The summed E-state index contributed by atoms with van der Waals surface area (Å²) >= 11 is 0. The van der Waals surface area contributed by atoms with E-state index in [4.69, 9.17) is 14.2 Å². The van der Waals surface area contributed by atoms with Crippen LogP contribution in [0, 0.1) is 5.41 Å². The molecule has 2 saturated heterocycles. The van der Waals surface area contributed by atoms with E-state index in [0.717, 1.165) is 58.0 Å². The van der Waals surface area contributed by atoms with Crippen molar-refractivity contribution in [2.24, 2.45) is 10.4 Å². The highest BCUT2D eigenvalue weighted by Gasteiger charge is 2.34. The van der Waals surface area contributed by atoms with Gasteiger partial charge in [0.25, 0.3) is 0 Å². The van der Waals surface area contributed by atoms with E-state index in [9.17, 15) is 5.11 Å². The van der Waals surface area contributed by atoms with Gasteiger partial charge in [-0.1, -0.05) is 24.3 Å². The van der Waals surface area contributed by atoms with Crippen LogP contribution in [-0.4, -0.2) is 63.8 Å². The van der Waals surface area contributed by atoms with Crippen LogP contribution >= 0.6 is 24.0 Å². The number of halogens is 1. The molecule has 2 aliphatic heterocycles. The molecule has 1 unspecified atom stereocenters. The minimum absolute atomic E-state index is 0. The molecular formula is C22H36IN3O4. The lowest BCUT2D eigenvalue weighted by atomic mass is 9.84. The van der Waals surface area contributed by atoms with Crippen molar-refractivity contribution in [3.8, 4) is 0 Å². The lowest BCUT2D eigenvalue weighted by Gasteiger charge is -2.27. The van der Waals surface area contributed by atoms with Gasteiger partial charge in [-0.25, -0.2) is 0 Å². The molecule has 8 heteroatoms. The van der Waals surface area contributed by atoms with E-state index >= 15 is 0 Å². The minimum Gasteiger partial charge on any atom is -0.396 e. The zero-order valence-electron chi connectivity index (χ0n) is 17.9. The van der Waals surface area contributed by atoms with Gasteiger partial charge in [-0.3, -0.25) is 4.99 Å². The van der Waals surface area contributed by atoms with E-state index in [0.29, 0.717) is 25.9 Å². The molecule has 0 spiro atoms. The largest absolute Gasteiger partial charge is 0.396 e. The first-order valence-electron chi connectivity index (χ1n) is 10.6. The second kappa shape index (κ2) is 13.5. The Morgan fingerprint density at radius 3 is 2.70 bits per heavy atom. The van der Waals surface area contributed by atoms with Crippen LogP contribution in [0.25, 0.3) is 0 Å². The fourth-order valence-electron chi connectivity index (χ4n) is 3.88. The Balaban J connectivity index is 0.00000320. The highest BCUT2D eigenvalue weighted by Crippen LogP contribution is 2.31. The number of nitrogens with one attached hydrogen (secondary N) is 2. The summed E-state index contributed by atoms with van der Waals surface area (Å²) in [6.07, 6.45) is 3.97. The van der Waals surface area contributed by atoms with Crippen LogP contribution < -0.4 is 10.6 Å². The summed E-state index contributed by atoms with van der Waals surface area (Å²) in [6.45, 7) is 5.29. The van der Waals surface area contributed by atoms with Crippen molar-refractivity contribution < 1.29 is 19.3 Å². The Hall–Kier alpha value is -0.940. The van der Waals surface area contributed by atoms with E-state index in [1.807, 2.05) is 0 Å². The number of ether oxygens (including phenoxy) is 3. The third-order valence-corrected chi connectivity index (χ3v) is 5.79. The van der Waals surface area contributed by atoms with Crippen LogP contribution in [0.2, 0.25) is 0 Å². The fourth-order valence-corrected chi connectivity index (χ4v) is 3.88. The number of aliphatic imine (C=N–C) groups is 1. The molecule has 2 fully saturated rings. The minimum atomic E-state index is -0.00617. The summed E-state index contributed by atoms with van der Waals surface area (Å²) in [4.78, 5) is 4.33. The van der Waals surface area contributed by atoms with Gasteiger partial charge in [0, 0.05) is 52.0 Å². The molecule has 1 aromatic rings. The summed E-state index contributed by atoms with van der Waals surface area (Å²) in [5.74, 6) is 0.762. The van der Waals surface area contributed by atoms with Gasteiger partial charge in [-0.2, -0.15) is 0 Å². The summed E-state index contributed by atoms with van der Waals surface area (Å²) in [5, 5.41) is 16.2. The molecule has 3 rings (SSSR count). The second-order valence-electron chi connectivity index (χ2n) is 8.00. The molecule has 7 nitrogen and oxygen atoms in total. The molecule has 170 valence electrons. The average molecular weight is 533 g/mol. The Morgan fingerprint density at radius 1 is 1.20 bits per heavy atom. The molecular weight excluding hydrogens is 497 g/mol. The van der Waals surface area contributed by atoms with Crippen molar-refractivity contribution >= 4 is 29.9 Å². The molecule has 2 heterocycles. The number of benzene rings is 1. The third-order valence-electron chi connectivity index (χ3n) is 5.79. The first-order chi connectivity index (χ1) is 14.2. The molecule has 0 aliphatic carbocycles. The molecule has 0 bridgehead atoms. The maximum absolute atomic E-state index is 9.37. The van der Waals surface area contributed by atoms with Crippen LogP contribution in [-0.2, 0) is 27.4 Å². The van der Waals surface area contributed by atoms with Gasteiger partial charge < -0.3 is 30.0 Å². The number of aliphatic hydroxyl groups excluding tert-OH is 1. The second-order valence-corrected chi connectivity index (χ2v) is 8.00. The first kappa shape index (κ1) is 25.3. The molecule has 0 saturated carbocycles. The molecule has 3 N–H and O–H groups in total. The van der Waals surface area contributed by atoms with E-state index < -0.39 is 0 Å². The molecule has 1 aromatic carbocycles. The highest BCUT2D eigenvalue weighted by atomic mass is 127. The average Bonchev–Trinajstić information content (AvgIpc) is 3.22. The van der Waals surface area contributed by atoms with E-state index in [1.54, 1.807) is 7.05 Å². The van der Waals surface area contributed by atoms with E-state index in [1.165, 1.54) is 11.1 Å². The molecule has 0 radical (unpaired) electrons. The Labute approximate surface area is 197 Å². The lowest BCUT2D eigenvalue weighted by molar-refractivity contribution is -0.0390. The molecule has 0 aromatic heterocycles. The first-order valence-corrected chi connectivity index (χ1v) is 10.6. The summed E-state index contributed by atoms with van der Waals surface area (Å²) in [6, 6.07) is 8.46. The summed E-state index contributed by atoms with van der Waals surface area (Å²) in [5.41, 5.74) is 2.37. The number of aliphatic hydroxyl groups is 1. The van der Waals surface area contributed by atoms with Crippen LogP contribution in [0.4, 0.5) is 0 Å². The lowest BCUT2D eigenvalue weighted by Crippen LogP contribution is -2.44. The molecule has 0 amide bonds. The SMILES string of the molecule is CN=C(NCc1cccc(COC2CCOCC2)c1)NCC1(CCO)CCOC1.I. The fraction of sp³-hybridized carbons (Fsp3) is 0.682. The van der Waals surface area contributed by atoms with Crippen LogP contribution in [0.5, 0.6) is 0 Å². The molecule has 30 heavy (non-hydrogen) atoms. The van der Waals surface area contributed by atoms with Crippen molar-refractivity contribution in [1.82, 2.24) is 10.6 Å². The topological polar surface area (TPSA) is 84.3 Å². The van der Waals surface area contributed by atoms with Gasteiger partial charge >= 0.3 is 0 Å². The summed E-state index contributed by atoms with van der Waals surface area (Å²) < 4.78 is 17.0. The Morgan fingerprint density at radius 2 is 2.00 bits per heavy atom. The monoisotopic (exact) mass is 533 g/mol. The number of nitrogens with zero attached hydrogens (tertiary/aromatic N) is 1. The Bertz CT molecular complexity index is 647. The van der Waals surface area contributed by atoms with Gasteiger partial charge in [-0.05, 0) is 36.8 Å². The zero-order chi connectivity index (χ0) is 20.4. The van der Waals surface area contributed by atoms with E-state index in [2.05, 4.69) is 39.9 Å². The van der Waals surface area contributed by atoms with Crippen molar-refractivity contribution in [3.05, 3.63) is 35.4 Å². The maximum Gasteiger partial charge on any atom is 0.191 e. The van der Waals surface area contributed by atoms with Crippen molar-refractivity contribution in [2.45, 2.75) is 44.9 Å². The normalized spacial score (nSPS) is 22.5. The molecule has 1 atom stereocenters. The molecule has 2 aliphatic rings. The predicted molar refractivity (Wildman–Crippen MR) is 128 cm³/mol. The number of rotatable bonds is 9. The Kier molecular flexibility index (Phi) is 11.4. The van der Waals surface area contributed by atoms with Crippen molar-refractivity contribution in [2.75, 3.05) is 46.6 Å². The quantitative estimate of drug-likeness (QED) is 0.257. The zero-order valence-corrected chi connectivity index (χ0v) is 20.2. The van der Waals surface area contributed by atoms with Gasteiger partial charge in [0.05, 0.1) is 19.3 Å². The van der Waals surface area contributed by atoms with Crippen LogP contribution in [0.3, 0.4) is 0 Å². The standard InChI is InChI=1S/C22H35N3O4.HI/c1-23-21(25-16-22(7-9-26)8-12-28-17-22)24-14-18-3-2-4-19(13-18)15-29-20-5-10-27-11-6-20;/h2-4,13,20,26H,5-12,14-17H2,1H3,(H2,23,24,25);1H. The smallest absolute Gasteiger partial charge is 0.191 e. The number of guanidine groups is 1. The van der Waals surface area contributed by atoms with Crippen molar-refractivity contribution in [1.29, 1.82) is 0 Å². The van der Waals surface area contributed by atoms with Gasteiger partial charge in [0.1, 0.15) is 0 Å². The third kappa shape index (κ3) is 7.96. The van der Waals surface area contributed by atoms with Gasteiger partial charge in [-0.15, -0.1) is 24.0 Å². The number of hydrogen-bond acceptors (Lipinski definition) is 5. The predicted octanol–water partition coefficient (Wildman–Crippen LogP) is 2.45. The van der Waals surface area contributed by atoms with E-state index in [-0.39, 0.29) is 36.0 Å². The van der Waals surface area contributed by atoms with Crippen LogP contribution in [0.1, 0.15) is 36.8 Å². The van der Waals surface area contributed by atoms with Gasteiger partial charge in [0.2, 0.25) is 0 Å². The van der Waals surface area contributed by atoms with Crippen LogP contribution in [0.15, 0.2) is 29.3 Å². The maximum atomic E-state index is 9.37. The van der Waals surface area contributed by atoms with Crippen molar-refractivity contribution in [3.63, 3.8) is 0 Å². The van der Waals surface area contributed by atoms with Gasteiger partial charge in [0.15, 0.2) is 5.96 Å². The number of hydrogen-bond donors (Lipinski definition) is 3.